The first-order valence-corrected chi connectivity index (χ1v) is 11.5. The molecule has 190 valence electrons. The summed E-state index contributed by atoms with van der Waals surface area (Å²) >= 11 is 0. The number of carbonyl (C=O) groups is 4. The Bertz CT molecular complexity index is 1170. The minimum atomic E-state index is -0.613. The zero-order valence-electron chi connectivity index (χ0n) is 19.7. The number of nitrogens with zero attached hydrogens (tertiary/aromatic N) is 3. The zero-order valence-corrected chi connectivity index (χ0v) is 19.7. The number of hydrogen-bond donors (Lipinski definition) is 2. The third-order valence-corrected chi connectivity index (χ3v) is 5.94. The van der Waals surface area contributed by atoms with E-state index in [1.54, 1.807) is 24.3 Å². The van der Waals surface area contributed by atoms with E-state index >= 15 is 0 Å². The maximum Gasteiger partial charge on any atom is 0.414 e. The van der Waals surface area contributed by atoms with Gasteiger partial charge in [0.15, 0.2) is 6.54 Å². The first-order chi connectivity index (χ1) is 17.2. The summed E-state index contributed by atoms with van der Waals surface area (Å²) in [6.45, 7) is 2.28. The summed E-state index contributed by atoms with van der Waals surface area (Å²) in [5, 5.41) is 2.59. The van der Waals surface area contributed by atoms with Crippen LogP contribution in [0.5, 0.6) is 0 Å². The van der Waals surface area contributed by atoms with Gasteiger partial charge in [0.1, 0.15) is 17.7 Å². The molecule has 0 bridgehead atoms. The fraction of sp³-hybridized carbons (Fsp3) is 0.375. The largest absolute Gasteiger partial charge is 0.461 e. The highest BCUT2D eigenvalue weighted by Crippen LogP contribution is 2.30. The highest BCUT2D eigenvalue weighted by Gasteiger charge is 2.33. The summed E-state index contributed by atoms with van der Waals surface area (Å²) in [4.78, 5) is 54.2. The number of nitrogens with one attached hydrogen (secondary N) is 1. The van der Waals surface area contributed by atoms with Crippen LogP contribution in [0.3, 0.4) is 0 Å². The molecule has 0 saturated carbocycles. The van der Waals surface area contributed by atoms with Crippen molar-refractivity contribution in [2.24, 2.45) is 5.92 Å². The van der Waals surface area contributed by atoms with Crippen LogP contribution in [0.25, 0.3) is 11.1 Å². The summed E-state index contributed by atoms with van der Waals surface area (Å²) in [6, 6.07) is 7.69. The van der Waals surface area contributed by atoms with Gasteiger partial charge in [-0.3, -0.25) is 19.4 Å². The van der Waals surface area contributed by atoms with E-state index in [4.69, 9.17) is 9.47 Å². The van der Waals surface area contributed by atoms with Crippen LogP contribution in [0, 0.1) is 11.7 Å². The van der Waals surface area contributed by atoms with E-state index < -0.39 is 24.0 Å². The molecule has 1 aromatic carbocycles. The molecule has 4 rings (SSSR count). The van der Waals surface area contributed by atoms with Gasteiger partial charge in [0.25, 0.3) is 0 Å². The SMILES string of the molecule is CC(=O)NC[C@H]1CN(c2ccc(-c3ccc(N4CC(COC(=O)C[NH3+])CC4=O)nc3)c(F)c2)C(=O)O1. The van der Waals surface area contributed by atoms with Crippen LogP contribution in [0.1, 0.15) is 13.3 Å². The van der Waals surface area contributed by atoms with Gasteiger partial charge >= 0.3 is 12.1 Å². The maximum absolute atomic E-state index is 15.0. The number of benzene rings is 1. The van der Waals surface area contributed by atoms with E-state index in [9.17, 15) is 23.6 Å². The molecule has 3 heterocycles. The molecule has 1 aromatic heterocycles. The van der Waals surface area contributed by atoms with Crippen molar-refractivity contribution in [3.63, 3.8) is 0 Å². The Balaban J connectivity index is 1.41. The Morgan fingerprint density at radius 1 is 1.22 bits per heavy atom. The van der Waals surface area contributed by atoms with Gasteiger partial charge in [-0.2, -0.15) is 0 Å². The third kappa shape index (κ3) is 5.60. The first kappa shape index (κ1) is 25.0. The molecular weight excluding hydrogens is 473 g/mol. The van der Waals surface area contributed by atoms with Gasteiger partial charge in [-0.1, -0.05) is 0 Å². The van der Waals surface area contributed by atoms with Gasteiger partial charge in [-0.05, 0) is 30.3 Å². The minimum absolute atomic E-state index is 0.0339. The molecule has 2 aromatic rings. The van der Waals surface area contributed by atoms with Crippen molar-refractivity contribution < 1.29 is 38.8 Å². The number of amides is 3. The van der Waals surface area contributed by atoms with Gasteiger partial charge in [-0.15, -0.1) is 0 Å². The smallest absolute Gasteiger partial charge is 0.414 e. The van der Waals surface area contributed by atoms with E-state index in [2.05, 4.69) is 16.0 Å². The maximum atomic E-state index is 15.0. The van der Waals surface area contributed by atoms with Crippen LogP contribution in [0.4, 0.5) is 20.7 Å². The van der Waals surface area contributed by atoms with E-state index in [1.807, 2.05) is 0 Å². The van der Waals surface area contributed by atoms with Crippen LogP contribution in [0.2, 0.25) is 0 Å². The van der Waals surface area contributed by atoms with Crippen molar-refractivity contribution in [3.05, 3.63) is 42.3 Å². The summed E-state index contributed by atoms with van der Waals surface area (Å²) in [6.07, 6.45) is 0.585. The van der Waals surface area contributed by atoms with Gasteiger partial charge in [0.05, 0.1) is 25.4 Å². The topological polar surface area (TPSA) is 146 Å². The average Bonchev–Trinajstić information content (AvgIpc) is 3.43. The van der Waals surface area contributed by atoms with Crippen LogP contribution < -0.4 is 20.9 Å². The number of quaternary nitrogens is 1. The normalized spacial score (nSPS) is 19.4. The standard InChI is InChI=1S/C24H26FN5O6/c1-14(31)27-10-18-12-29(24(34)36-18)17-3-4-19(20(25)7-17)16-2-5-21(28-9-16)30-11-15(6-22(30)32)13-35-23(33)8-26/h2-5,7,9,15,18H,6,8,10-13,26H2,1H3,(H,27,31)/p+1/t15?,18-/m0/s1. The number of esters is 1. The number of carbonyl (C=O) groups excluding carboxylic acids is 4. The van der Waals surface area contributed by atoms with Gasteiger partial charge in [0, 0.05) is 43.1 Å². The average molecular weight is 501 g/mol. The molecule has 11 nitrogen and oxygen atoms in total. The Labute approximate surface area is 206 Å². The molecule has 0 radical (unpaired) electrons. The predicted octanol–water partition coefficient (Wildman–Crippen LogP) is 0.487. The van der Waals surface area contributed by atoms with Gasteiger partial charge in [0.2, 0.25) is 11.8 Å². The van der Waals surface area contributed by atoms with Crippen molar-refractivity contribution in [2.75, 3.05) is 42.6 Å². The van der Waals surface area contributed by atoms with Crippen LogP contribution in [-0.4, -0.2) is 67.8 Å². The third-order valence-electron chi connectivity index (χ3n) is 5.94. The Kier molecular flexibility index (Phi) is 7.44. The molecule has 4 N–H and O–H groups in total. The molecule has 0 aliphatic carbocycles. The number of cyclic esters (lactones) is 1. The Morgan fingerprint density at radius 2 is 2.03 bits per heavy atom. The molecule has 2 aliphatic rings. The lowest BCUT2D eigenvalue weighted by atomic mass is 10.1. The van der Waals surface area contributed by atoms with Crippen LogP contribution in [0.15, 0.2) is 36.5 Å². The van der Waals surface area contributed by atoms with Gasteiger partial charge in [-0.25, -0.2) is 19.0 Å². The summed E-state index contributed by atoms with van der Waals surface area (Å²) < 4.78 is 25.3. The van der Waals surface area contributed by atoms with Crippen molar-refractivity contribution in [3.8, 4) is 11.1 Å². The summed E-state index contributed by atoms with van der Waals surface area (Å²) in [5.74, 6) is -1.03. The predicted molar refractivity (Wildman–Crippen MR) is 125 cm³/mol. The highest BCUT2D eigenvalue weighted by molar-refractivity contribution is 5.95. The first-order valence-electron chi connectivity index (χ1n) is 11.5. The second kappa shape index (κ2) is 10.7. The Hall–Kier alpha value is -4.06. The molecular formula is C24H27FN5O6+. The van der Waals surface area contributed by atoms with E-state index in [1.165, 1.54) is 29.0 Å². The monoisotopic (exact) mass is 500 g/mol. The van der Waals surface area contributed by atoms with Crippen molar-refractivity contribution in [2.45, 2.75) is 19.4 Å². The van der Waals surface area contributed by atoms with Crippen LogP contribution in [-0.2, 0) is 23.9 Å². The quantitative estimate of drug-likeness (QED) is 0.502. The second-order valence-electron chi connectivity index (χ2n) is 8.63. The van der Waals surface area contributed by atoms with Gasteiger partial charge < -0.3 is 20.5 Å². The molecule has 2 atom stereocenters. The fourth-order valence-corrected chi connectivity index (χ4v) is 4.10. The minimum Gasteiger partial charge on any atom is -0.461 e. The number of halogens is 1. The molecule has 3 amide bonds. The lowest BCUT2D eigenvalue weighted by molar-refractivity contribution is -0.359. The van der Waals surface area contributed by atoms with Crippen LogP contribution >= 0.6 is 0 Å². The van der Waals surface area contributed by atoms with E-state index in [-0.39, 0.29) is 56.0 Å². The molecule has 0 spiro atoms. The molecule has 2 saturated heterocycles. The molecule has 1 unspecified atom stereocenters. The van der Waals surface area contributed by atoms with E-state index in [0.29, 0.717) is 23.6 Å². The molecule has 36 heavy (non-hydrogen) atoms. The van der Waals surface area contributed by atoms with E-state index in [0.717, 1.165) is 0 Å². The lowest BCUT2D eigenvalue weighted by Gasteiger charge is -2.17. The Morgan fingerprint density at radius 3 is 2.69 bits per heavy atom. The fourth-order valence-electron chi connectivity index (χ4n) is 4.10. The van der Waals surface area contributed by atoms with Crippen molar-refractivity contribution in [1.82, 2.24) is 10.3 Å². The highest BCUT2D eigenvalue weighted by atomic mass is 19.1. The number of rotatable bonds is 8. The molecule has 2 aliphatic heterocycles. The number of pyridine rings is 1. The summed E-state index contributed by atoms with van der Waals surface area (Å²) in [5.41, 5.74) is 4.59. The number of ether oxygens (including phenoxy) is 2. The summed E-state index contributed by atoms with van der Waals surface area (Å²) in [7, 11) is 0. The number of hydrogen-bond acceptors (Lipinski definition) is 7. The molecule has 2 fully saturated rings. The number of aromatic nitrogens is 1. The zero-order chi connectivity index (χ0) is 25.8. The van der Waals surface area contributed by atoms with Crippen molar-refractivity contribution >= 4 is 35.4 Å². The molecule has 12 heteroatoms. The lowest BCUT2D eigenvalue weighted by Crippen LogP contribution is -2.54. The number of anilines is 2. The van der Waals surface area contributed by atoms with Crippen molar-refractivity contribution in [1.29, 1.82) is 0 Å². The second-order valence-corrected chi connectivity index (χ2v) is 8.63.